The first kappa shape index (κ1) is 38.6. The van der Waals surface area contributed by atoms with Crippen molar-refractivity contribution in [2.75, 3.05) is 6.54 Å². The van der Waals surface area contributed by atoms with Gasteiger partial charge < -0.3 is 30.0 Å². The van der Waals surface area contributed by atoms with E-state index in [0.29, 0.717) is 35.7 Å². The number of hydrogen-bond donors (Lipinski definition) is 4. The molecule has 3 saturated carbocycles. The Kier molecular flexibility index (Phi) is 10.4. The van der Waals surface area contributed by atoms with Crippen LogP contribution in [0.1, 0.15) is 84.1 Å². The van der Waals surface area contributed by atoms with Gasteiger partial charge in [0.1, 0.15) is 29.8 Å². The number of rotatable bonds is 6. The van der Waals surface area contributed by atoms with Crippen LogP contribution in [0.4, 0.5) is 4.79 Å². The molecule has 55 heavy (non-hydrogen) atoms. The van der Waals surface area contributed by atoms with E-state index in [1.54, 1.807) is 45.0 Å². The van der Waals surface area contributed by atoms with Gasteiger partial charge in [0.2, 0.25) is 21.8 Å². The molecule has 7 atom stereocenters. The molecule has 4 amide bonds. The van der Waals surface area contributed by atoms with Gasteiger partial charge in [-0.1, -0.05) is 51.1 Å². The third-order valence-electron chi connectivity index (χ3n) is 11.8. The van der Waals surface area contributed by atoms with Gasteiger partial charge in [-0.2, -0.15) is 0 Å². The molecule has 14 nitrogen and oxygen atoms in total. The average Bonchev–Trinajstić information content (AvgIpc) is 4.02. The monoisotopic (exact) mass is 777 g/mol. The summed E-state index contributed by atoms with van der Waals surface area (Å²) < 4.78 is 40.1. The summed E-state index contributed by atoms with van der Waals surface area (Å²) in [6, 6.07) is 4.82. The summed E-state index contributed by atoms with van der Waals surface area (Å²) in [5.74, 6) is -2.27. The number of amides is 4. The highest BCUT2D eigenvalue weighted by molar-refractivity contribution is 7.91. The maximum Gasteiger partial charge on any atom is 0.408 e. The zero-order valence-electron chi connectivity index (χ0n) is 31.6. The van der Waals surface area contributed by atoms with Crippen molar-refractivity contribution in [2.45, 2.75) is 120 Å². The van der Waals surface area contributed by atoms with Gasteiger partial charge in [0, 0.05) is 17.7 Å². The lowest BCUT2D eigenvalue weighted by Gasteiger charge is -2.35. The lowest BCUT2D eigenvalue weighted by atomic mass is 9.85. The van der Waals surface area contributed by atoms with Crippen molar-refractivity contribution in [3.8, 4) is 5.88 Å². The molecule has 3 aliphatic carbocycles. The van der Waals surface area contributed by atoms with Crippen LogP contribution in [0.15, 0.2) is 53.9 Å². The number of carbonyl (C=O) groups is 4. The fourth-order valence-electron chi connectivity index (χ4n) is 8.32. The molecule has 1 saturated heterocycles. The van der Waals surface area contributed by atoms with E-state index in [4.69, 9.17) is 9.47 Å². The normalized spacial score (nSPS) is 30.7. The third-order valence-corrected chi connectivity index (χ3v) is 13.6. The zero-order valence-corrected chi connectivity index (χ0v) is 32.4. The first-order chi connectivity index (χ1) is 26.1. The minimum atomic E-state index is -3.92. The number of alkyl carbamates (subject to hydrolysis) is 1. The SMILES string of the molecule is C=C[C@@H]1C[C@]1(NC(=O)[C@@H]1C[C@@H]2CN1C(=O)[C@H](C(C)(C)C)NC(=O)O[C@@H]1CCC[C@H]1CC/C=C\Cc1c([nH]c3ccccc3c1=O)O2)C(=O)NS(=O)(=O)C1CC1. The second-order valence-electron chi connectivity index (χ2n) is 16.8. The maximum absolute atomic E-state index is 14.7. The summed E-state index contributed by atoms with van der Waals surface area (Å²) in [4.78, 5) is 74.6. The molecular weight excluding hydrogens is 727 g/mol. The zero-order chi connectivity index (χ0) is 39.3. The van der Waals surface area contributed by atoms with E-state index in [1.807, 2.05) is 12.2 Å². The summed E-state index contributed by atoms with van der Waals surface area (Å²) in [7, 11) is -3.92. The molecule has 296 valence electrons. The number of para-hydroxylation sites is 1. The summed E-state index contributed by atoms with van der Waals surface area (Å²) in [6.45, 7) is 9.10. The summed E-state index contributed by atoms with van der Waals surface area (Å²) >= 11 is 0. The number of H-pyrrole nitrogens is 1. The second-order valence-corrected chi connectivity index (χ2v) is 18.8. The van der Waals surface area contributed by atoms with Crippen LogP contribution in [0.2, 0.25) is 0 Å². The number of carbonyl (C=O) groups excluding carboxylic acids is 4. The summed E-state index contributed by atoms with van der Waals surface area (Å²) in [6.07, 6.45) is 8.95. The summed E-state index contributed by atoms with van der Waals surface area (Å²) in [5.41, 5.74) is -1.62. The molecule has 1 aromatic heterocycles. The van der Waals surface area contributed by atoms with Crippen molar-refractivity contribution in [1.82, 2.24) is 25.2 Å². The Bertz CT molecular complexity index is 2090. The van der Waals surface area contributed by atoms with Crippen LogP contribution >= 0.6 is 0 Å². The van der Waals surface area contributed by atoms with Crippen molar-refractivity contribution in [1.29, 1.82) is 0 Å². The van der Waals surface area contributed by atoms with Crippen molar-refractivity contribution in [3.63, 3.8) is 0 Å². The number of benzene rings is 1. The van der Waals surface area contributed by atoms with E-state index in [0.717, 1.165) is 25.7 Å². The minimum absolute atomic E-state index is 0.0242. The van der Waals surface area contributed by atoms with Crippen LogP contribution in [0.25, 0.3) is 10.9 Å². The number of nitrogens with zero attached hydrogens (tertiary/aromatic N) is 1. The molecule has 3 heterocycles. The van der Waals surface area contributed by atoms with Gasteiger partial charge >= 0.3 is 6.09 Å². The number of aromatic nitrogens is 1. The Morgan fingerprint density at radius 3 is 2.51 bits per heavy atom. The number of pyridine rings is 1. The second kappa shape index (κ2) is 14.8. The highest BCUT2D eigenvalue weighted by Crippen LogP contribution is 2.45. The molecule has 1 aromatic carbocycles. The van der Waals surface area contributed by atoms with Gasteiger partial charge in [-0.25, -0.2) is 13.2 Å². The molecule has 0 radical (unpaired) electrons. The molecule has 0 spiro atoms. The third kappa shape index (κ3) is 7.90. The van der Waals surface area contributed by atoms with Crippen LogP contribution in [0.3, 0.4) is 0 Å². The standard InChI is InChI=1S/C40H51N5O9S/c1-5-24-21-40(24,37(49)44-55(51,52)26-18-19-26)43-34(47)30-20-25-22-45(30)36(48)33(39(2,3)4)42-38(50)54-31-17-11-13-23(31)12-7-6-8-15-28-32(46)27-14-9-10-16-29(27)41-35(28)53-25/h5-6,8-10,14,16,23-26,30-31,33H,1,7,11-13,15,17-22H2,2-4H3,(H,41,46)(H,42,50)(H,43,47)(H,44,49)/b8-6-/t23-,24-,25-,30+,31-,33-,40-/m1/s1. The number of hydrogen-bond acceptors (Lipinski definition) is 9. The van der Waals surface area contributed by atoms with E-state index in [1.165, 1.54) is 11.0 Å². The predicted octanol–water partition coefficient (Wildman–Crippen LogP) is 3.75. The molecule has 4 fully saturated rings. The molecular formula is C40H51N5O9S. The van der Waals surface area contributed by atoms with Crippen LogP contribution < -0.4 is 25.5 Å². The van der Waals surface area contributed by atoms with E-state index >= 15 is 0 Å². The number of allylic oxidation sites excluding steroid dienone is 2. The van der Waals surface area contributed by atoms with Crippen molar-refractivity contribution in [3.05, 3.63) is 64.9 Å². The molecule has 2 aromatic rings. The van der Waals surface area contributed by atoms with Gasteiger partial charge in [0.05, 0.1) is 22.9 Å². The first-order valence-electron chi connectivity index (χ1n) is 19.3. The van der Waals surface area contributed by atoms with E-state index < -0.39 is 74.1 Å². The van der Waals surface area contributed by atoms with Gasteiger partial charge in [0.15, 0.2) is 11.3 Å². The number of ether oxygens (including phenoxy) is 2. The summed E-state index contributed by atoms with van der Waals surface area (Å²) in [5, 5.41) is 5.46. The van der Waals surface area contributed by atoms with E-state index in [2.05, 4.69) is 26.9 Å². The smallest absolute Gasteiger partial charge is 0.408 e. The Balaban J connectivity index is 1.24. The van der Waals surface area contributed by atoms with Gasteiger partial charge in [-0.15, -0.1) is 6.58 Å². The Morgan fingerprint density at radius 2 is 1.80 bits per heavy atom. The Labute approximate surface area is 320 Å². The predicted molar refractivity (Wildman–Crippen MR) is 204 cm³/mol. The van der Waals surface area contributed by atoms with E-state index in [-0.39, 0.29) is 49.1 Å². The van der Waals surface area contributed by atoms with Gasteiger partial charge in [0.25, 0.3) is 5.91 Å². The minimum Gasteiger partial charge on any atom is -0.473 e. The topological polar surface area (TPSA) is 193 Å². The van der Waals surface area contributed by atoms with Crippen molar-refractivity contribution < 1.29 is 37.1 Å². The fourth-order valence-corrected chi connectivity index (χ4v) is 9.69. The van der Waals surface area contributed by atoms with Crippen molar-refractivity contribution >= 4 is 44.7 Å². The number of fused-ring (bicyclic) bond motifs is 5. The van der Waals surface area contributed by atoms with Gasteiger partial charge in [-0.3, -0.25) is 23.9 Å². The number of sulfonamides is 1. The largest absolute Gasteiger partial charge is 0.473 e. The van der Waals surface area contributed by atoms with Crippen LogP contribution in [-0.4, -0.2) is 83.7 Å². The van der Waals surface area contributed by atoms with Crippen molar-refractivity contribution in [2.24, 2.45) is 17.3 Å². The Hall–Kier alpha value is -4.66. The quantitative estimate of drug-likeness (QED) is 0.316. The van der Waals surface area contributed by atoms with Crippen LogP contribution in [-0.2, 0) is 35.6 Å². The molecule has 2 aliphatic heterocycles. The van der Waals surface area contributed by atoms with Crippen LogP contribution in [0, 0.1) is 17.3 Å². The molecule has 7 rings (SSSR count). The maximum atomic E-state index is 14.7. The van der Waals surface area contributed by atoms with Crippen LogP contribution in [0.5, 0.6) is 5.88 Å². The molecule has 2 bridgehead atoms. The van der Waals surface area contributed by atoms with Gasteiger partial charge in [-0.05, 0) is 81.3 Å². The highest BCUT2D eigenvalue weighted by Gasteiger charge is 2.62. The lowest BCUT2D eigenvalue weighted by molar-refractivity contribution is -0.143. The lowest BCUT2D eigenvalue weighted by Crippen LogP contribution is -2.60. The van der Waals surface area contributed by atoms with E-state index in [9.17, 15) is 32.4 Å². The average molecular weight is 778 g/mol. The Morgan fingerprint density at radius 1 is 1.04 bits per heavy atom. The fraction of sp³-hybridized carbons (Fsp3) is 0.575. The number of nitrogens with one attached hydrogen (secondary N) is 4. The molecule has 4 N–H and O–H groups in total. The molecule has 5 aliphatic rings. The molecule has 15 heteroatoms. The highest BCUT2D eigenvalue weighted by atomic mass is 32.2. The molecule has 0 unspecified atom stereocenters. The first-order valence-corrected chi connectivity index (χ1v) is 20.9. The number of aromatic amines is 1.